The molecule has 2 aliphatic rings. The molecule has 0 radical (unpaired) electrons. The SMILES string of the molecule is CC1c2ccccc2-c2cc3c(cc21)C(c1ccccc1)(c1ccccc1)c1ccccc1-3. The fourth-order valence-electron chi connectivity index (χ4n) is 6.38. The van der Waals surface area contributed by atoms with Crippen molar-refractivity contribution in [1.82, 2.24) is 0 Å². The first-order valence-corrected chi connectivity index (χ1v) is 11.8. The summed E-state index contributed by atoms with van der Waals surface area (Å²) in [4.78, 5) is 0. The zero-order chi connectivity index (χ0) is 22.0. The van der Waals surface area contributed by atoms with Crippen molar-refractivity contribution >= 4 is 0 Å². The van der Waals surface area contributed by atoms with Crippen LogP contribution in [0.4, 0.5) is 0 Å². The molecule has 0 amide bonds. The van der Waals surface area contributed by atoms with E-state index in [1.165, 1.54) is 55.6 Å². The molecule has 33 heavy (non-hydrogen) atoms. The van der Waals surface area contributed by atoms with Gasteiger partial charge in [0.15, 0.2) is 0 Å². The average Bonchev–Trinajstić information content (AvgIpc) is 3.34. The number of fused-ring (bicyclic) bond motifs is 6. The lowest BCUT2D eigenvalue weighted by atomic mass is 9.67. The molecule has 156 valence electrons. The third-order valence-electron chi connectivity index (χ3n) is 7.81. The molecule has 7 rings (SSSR count). The van der Waals surface area contributed by atoms with Gasteiger partial charge in [0.05, 0.1) is 5.41 Å². The smallest absolute Gasteiger partial charge is 0.0622 e. The molecule has 5 aromatic rings. The molecule has 0 N–H and O–H groups in total. The van der Waals surface area contributed by atoms with E-state index in [-0.39, 0.29) is 5.41 Å². The number of hydrogen-bond donors (Lipinski definition) is 0. The van der Waals surface area contributed by atoms with Crippen molar-refractivity contribution < 1.29 is 0 Å². The predicted octanol–water partition coefficient (Wildman–Crippen LogP) is 8.18. The third kappa shape index (κ3) is 2.36. The highest BCUT2D eigenvalue weighted by Crippen LogP contribution is 2.59. The topological polar surface area (TPSA) is 0 Å². The highest BCUT2D eigenvalue weighted by molar-refractivity contribution is 5.92. The molecule has 0 saturated heterocycles. The van der Waals surface area contributed by atoms with E-state index in [0.717, 1.165) is 0 Å². The Morgan fingerprint density at radius 2 is 1.03 bits per heavy atom. The second-order valence-electron chi connectivity index (χ2n) is 9.32. The minimum atomic E-state index is -0.321. The number of rotatable bonds is 2. The highest BCUT2D eigenvalue weighted by Gasteiger charge is 2.47. The molecule has 0 spiro atoms. The summed E-state index contributed by atoms with van der Waals surface area (Å²) in [5, 5.41) is 0. The quantitative estimate of drug-likeness (QED) is 0.265. The van der Waals surface area contributed by atoms with Crippen molar-refractivity contribution in [3.05, 3.63) is 155 Å². The van der Waals surface area contributed by atoms with Crippen LogP contribution in [-0.2, 0) is 5.41 Å². The first-order valence-electron chi connectivity index (χ1n) is 11.8. The summed E-state index contributed by atoms with van der Waals surface area (Å²) < 4.78 is 0. The molecule has 2 aliphatic carbocycles. The minimum Gasteiger partial charge on any atom is -0.0622 e. The summed E-state index contributed by atoms with van der Waals surface area (Å²) >= 11 is 0. The molecule has 0 aromatic heterocycles. The van der Waals surface area contributed by atoms with Gasteiger partial charge in [-0.25, -0.2) is 0 Å². The lowest BCUT2D eigenvalue weighted by molar-refractivity contribution is 0.765. The standard InChI is InChI=1S/C33H24/c1-22-25-16-8-9-17-26(25)29-20-30-27-18-10-11-19-31(27)33(32(30)21-28(22)29,23-12-4-2-5-13-23)24-14-6-3-7-15-24/h2-22H,1H3. The average molecular weight is 421 g/mol. The lowest BCUT2D eigenvalue weighted by Gasteiger charge is -2.34. The van der Waals surface area contributed by atoms with E-state index in [1.807, 2.05) is 0 Å². The Hall–Kier alpha value is -3.90. The van der Waals surface area contributed by atoms with E-state index in [2.05, 4.69) is 128 Å². The first kappa shape index (κ1) is 18.7. The number of benzene rings is 5. The van der Waals surface area contributed by atoms with Gasteiger partial charge >= 0.3 is 0 Å². The fraction of sp³-hybridized carbons (Fsp3) is 0.0909. The van der Waals surface area contributed by atoms with Gasteiger partial charge in [-0.15, -0.1) is 0 Å². The predicted molar refractivity (Wildman–Crippen MR) is 137 cm³/mol. The molecule has 0 bridgehead atoms. The molecule has 5 aromatic carbocycles. The van der Waals surface area contributed by atoms with E-state index in [1.54, 1.807) is 0 Å². The van der Waals surface area contributed by atoms with Gasteiger partial charge in [0.25, 0.3) is 0 Å². The molecule has 0 saturated carbocycles. The van der Waals surface area contributed by atoms with Crippen LogP contribution >= 0.6 is 0 Å². The third-order valence-corrected chi connectivity index (χ3v) is 7.81. The highest BCUT2D eigenvalue weighted by atomic mass is 14.5. The summed E-state index contributed by atoms with van der Waals surface area (Å²) in [6.07, 6.45) is 0. The molecule has 0 nitrogen and oxygen atoms in total. The van der Waals surface area contributed by atoms with Gasteiger partial charge < -0.3 is 0 Å². The van der Waals surface area contributed by atoms with Gasteiger partial charge in [0.1, 0.15) is 0 Å². The van der Waals surface area contributed by atoms with Gasteiger partial charge in [-0.3, -0.25) is 0 Å². The van der Waals surface area contributed by atoms with Crippen LogP contribution in [-0.4, -0.2) is 0 Å². The van der Waals surface area contributed by atoms with Gasteiger partial charge in [0.2, 0.25) is 0 Å². The van der Waals surface area contributed by atoms with Crippen LogP contribution < -0.4 is 0 Å². The Kier molecular flexibility index (Phi) is 3.84. The van der Waals surface area contributed by atoms with Gasteiger partial charge in [-0.1, -0.05) is 122 Å². The van der Waals surface area contributed by atoms with E-state index in [0.29, 0.717) is 5.92 Å². The second-order valence-corrected chi connectivity index (χ2v) is 9.32. The summed E-state index contributed by atoms with van der Waals surface area (Å²) in [7, 11) is 0. The molecule has 0 heteroatoms. The molecule has 0 aliphatic heterocycles. The van der Waals surface area contributed by atoms with Crippen LogP contribution in [0.25, 0.3) is 22.3 Å². The summed E-state index contributed by atoms with van der Waals surface area (Å²) in [5.41, 5.74) is 13.5. The van der Waals surface area contributed by atoms with Crippen LogP contribution in [0.1, 0.15) is 46.2 Å². The molecule has 0 fully saturated rings. The Bertz CT molecular complexity index is 1470. The second kappa shape index (κ2) is 6.80. The minimum absolute atomic E-state index is 0.321. The van der Waals surface area contributed by atoms with E-state index >= 15 is 0 Å². The summed E-state index contributed by atoms with van der Waals surface area (Å²) in [6, 6.07) is 45.0. The van der Waals surface area contributed by atoms with Crippen molar-refractivity contribution in [1.29, 1.82) is 0 Å². The summed E-state index contributed by atoms with van der Waals surface area (Å²) in [5.74, 6) is 0.398. The monoisotopic (exact) mass is 420 g/mol. The molecule has 1 atom stereocenters. The Morgan fingerprint density at radius 3 is 1.73 bits per heavy atom. The maximum Gasteiger partial charge on any atom is 0.0713 e. The molecular formula is C33H24. The van der Waals surface area contributed by atoms with E-state index in [9.17, 15) is 0 Å². The van der Waals surface area contributed by atoms with Crippen molar-refractivity contribution in [2.24, 2.45) is 0 Å². The zero-order valence-corrected chi connectivity index (χ0v) is 18.6. The molecular weight excluding hydrogens is 396 g/mol. The maximum atomic E-state index is 2.52. The van der Waals surface area contributed by atoms with E-state index < -0.39 is 0 Å². The van der Waals surface area contributed by atoms with Crippen LogP contribution in [0.15, 0.2) is 121 Å². The van der Waals surface area contributed by atoms with Gasteiger partial charge in [-0.2, -0.15) is 0 Å². The maximum absolute atomic E-state index is 2.52. The summed E-state index contributed by atoms with van der Waals surface area (Å²) in [6.45, 7) is 2.35. The molecule has 0 heterocycles. The van der Waals surface area contributed by atoms with Gasteiger partial charge in [0, 0.05) is 5.92 Å². The van der Waals surface area contributed by atoms with Crippen molar-refractivity contribution in [3.63, 3.8) is 0 Å². The van der Waals surface area contributed by atoms with Crippen molar-refractivity contribution in [2.45, 2.75) is 18.3 Å². The van der Waals surface area contributed by atoms with Crippen LogP contribution in [0.2, 0.25) is 0 Å². The van der Waals surface area contributed by atoms with Crippen molar-refractivity contribution in [2.75, 3.05) is 0 Å². The van der Waals surface area contributed by atoms with Crippen molar-refractivity contribution in [3.8, 4) is 22.3 Å². The largest absolute Gasteiger partial charge is 0.0713 e. The van der Waals surface area contributed by atoms with Crippen LogP contribution in [0.5, 0.6) is 0 Å². The Balaban J connectivity index is 1.64. The Labute approximate surface area is 195 Å². The van der Waals surface area contributed by atoms with Crippen LogP contribution in [0, 0.1) is 0 Å². The number of hydrogen-bond acceptors (Lipinski definition) is 0. The Morgan fingerprint density at radius 1 is 0.455 bits per heavy atom. The normalized spacial score (nSPS) is 16.6. The van der Waals surface area contributed by atoms with Gasteiger partial charge in [-0.05, 0) is 61.7 Å². The first-order chi connectivity index (χ1) is 16.3. The van der Waals surface area contributed by atoms with E-state index in [4.69, 9.17) is 0 Å². The molecule has 1 unspecified atom stereocenters. The zero-order valence-electron chi connectivity index (χ0n) is 18.6. The van der Waals surface area contributed by atoms with Crippen LogP contribution in [0.3, 0.4) is 0 Å². The lowest BCUT2D eigenvalue weighted by Crippen LogP contribution is -2.28. The fourth-order valence-corrected chi connectivity index (χ4v) is 6.38.